The van der Waals surface area contributed by atoms with Gasteiger partial charge < -0.3 is 15.4 Å². The molecule has 7 nitrogen and oxygen atoms in total. The Morgan fingerprint density at radius 1 is 1.38 bits per heavy atom. The number of nitrogens with one attached hydrogen (secondary N) is 2. The zero-order valence-corrected chi connectivity index (χ0v) is 22.3. The van der Waals surface area contributed by atoms with Gasteiger partial charge in [-0.15, -0.1) is 22.7 Å². The van der Waals surface area contributed by atoms with Crippen LogP contribution in [0.5, 0.6) is 0 Å². The number of nitrogens with zero attached hydrogens (tertiary/aromatic N) is 2. The number of alkyl halides is 3. The Kier molecular flexibility index (Phi) is 7.01. The number of fused-ring (bicyclic) bond motifs is 2. The molecule has 0 aromatic carbocycles. The quantitative estimate of drug-likeness (QED) is 0.326. The van der Waals surface area contributed by atoms with Gasteiger partial charge in [0.05, 0.1) is 18.2 Å². The molecule has 0 fully saturated rings. The van der Waals surface area contributed by atoms with E-state index in [0.717, 1.165) is 32.8 Å². The Balaban J connectivity index is 1.50. The van der Waals surface area contributed by atoms with Gasteiger partial charge in [-0.3, -0.25) is 4.79 Å². The van der Waals surface area contributed by atoms with Gasteiger partial charge in [0, 0.05) is 16.2 Å². The summed E-state index contributed by atoms with van der Waals surface area (Å²) in [6.45, 7) is 3.98. The minimum Gasteiger partial charge on any atom is -0.462 e. The van der Waals surface area contributed by atoms with Crippen LogP contribution in [-0.4, -0.2) is 34.4 Å². The van der Waals surface area contributed by atoms with Crippen molar-refractivity contribution in [3.8, 4) is 0 Å². The minimum absolute atomic E-state index is 0.0660. The molecular weight excluding hydrogens is 549 g/mol. The molecule has 5 rings (SSSR count). The fourth-order valence-electron chi connectivity index (χ4n) is 4.83. The van der Waals surface area contributed by atoms with Crippen LogP contribution in [0.25, 0.3) is 0 Å². The molecule has 0 spiro atoms. The van der Waals surface area contributed by atoms with E-state index in [1.54, 1.807) is 24.4 Å². The third-order valence-corrected chi connectivity index (χ3v) is 9.13. The van der Waals surface area contributed by atoms with Crippen molar-refractivity contribution in [3.05, 3.63) is 49.1 Å². The zero-order chi connectivity index (χ0) is 26.5. The maximum atomic E-state index is 14.0. The first-order chi connectivity index (χ1) is 17.6. The molecule has 0 saturated carbocycles. The van der Waals surface area contributed by atoms with Crippen molar-refractivity contribution in [3.63, 3.8) is 0 Å². The summed E-state index contributed by atoms with van der Waals surface area (Å²) in [4.78, 5) is 27.8. The molecule has 13 heteroatoms. The molecule has 0 saturated heterocycles. The lowest BCUT2D eigenvalue weighted by molar-refractivity contribution is -0.173. The van der Waals surface area contributed by atoms with E-state index in [4.69, 9.17) is 16.3 Å². The summed E-state index contributed by atoms with van der Waals surface area (Å²) in [5.74, 6) is -0.971. The number of ether oxygens (including phenoxy) is 1. The first-order valence-electron chi connectivity index (χ1n) is 11.9. The number of esters is 1. The average Bonchev–Trinajstić information content (AvgIpc) is 3.55. The van der Waals surface area contributed by atoms with Gasteiger partial charge in [0.2, 0.25) is 0 Å². The van der Waals surface area contributed by atoms with Crippen molar-refractivity contribution in [1.82, 2.24) is 9.78 Å². The SMILES string of the molecule is CCOC(=O)c1c(NC(=O)c2nn3c(c2Cl)N[C@@H](c2cccs2)C[C@H]3C(F)(F)F)sc2c1CC[C@@H](C)C2. The predicted octanol–water partition coefficient (Wildman–Crippen LogP) is 6.87. The molecule has 198 valence electrons. The molecule has 3 aromatic rings. The summed E-state index contributed by atoms with van der Waals surface area (Å²) >= 11 is 9.08. The molecule has 2 N–H and O–H groups in total. The van der Waals surface area contributed by atoms with Gasteiger partial charge in [-0.2, -0.15) is 18.3 Å². The molecule has 3 atom stereocenters. The van der Waals surface area contributed by atoms with Crippen molar-refractivity contribution in [1.29, 1.82) is 0 Å². The fourth-order valence-corrected chi connectivity index (χ4v) is 7.28. The highest BCUT2D eigenvalue weighted by Gasteiger charge is 2.48. The van der Waals surface area contributed by atoms with E-state index in [0.29, 0.717) is 22.9 Å². The van der Waals surface area contributed by atoms with Crippen molar-refractivity contribution >= 4 is 57.0 Å². The molecule has 0 radical (unpaired) electrons. The lowest BCUT2D eigenvalue weighted by Gasteiger charge is -2.32. The van der Waals surface area contributed by atoms with Crippen LogP contribution in [-0.2, 0) is 17.6 Å². The molecule has 2 aliphatic rings. The number of amides is 1. The maximum absolute atomic E-state index is 14.0. The number of halogens is 4. The Morgan fingerprint density at radius 2 is 2.16 bits per heavy atom. The van der Waals surface area contributed by atoms with E-state index < -0.39 is 30.1 Å². The predicted molar refractivity (Wildman–Crippen MR) is 137 cm³/mol. The van der Waals surface area contributed by atoms with Crippen molar-refractivity contribution in [2.24, 2.45) is 5.92 Å². The minimum atomic E-state index is -4.60. The average molecular weight is 573 g/mol. The highest BCUT2D eigenvalue weighted by molar-refractivity contribution is 7.17. The summed E-state index contributed by atoms with van der Waals surface area (Å²) in [6, 6.07) is 0.921. The van der Waals surface area contributed by atoms with Gasteiger partial charge in [0.15, 0.2) is 11.7 Å². The topological polar surface area (TPSA) is 85.2 Å². The lowest BCUT2D eigenvalue weighted by atomic mass is 9.88. The second-order valence-electron chi connectivity index (χ2n) is 9.19. The molecule has 4 heterocycles. The van der Waals surface area contributed by atoms with E-state index in [1.165, 1.54) is 22.7 Å². The van der Waals surface area contributed by atoms with Crippen LogP contribution in [0.4, 0.5) is 24.0 Å². The molecular formula is C24H24ClF3N4O3S2. The lowest BCUT2D eigenvalue weighted by Crippen LogP contribution is -2.35. The third kappa shape index (κ3) is 4.86. The number of aromatic nitrogens is 2. The fraction of sp³-hybridized carbons (Fsp3) is 0.458. The van der Waals surface area contributed by atoms with Crippen LogP contribution in [0.15, 0.2) is 17.5 Å². The summed E-state index contributed by atoms with van der Waals surface area (Å²) in [5, 5.41) is 11.6. The summed E-state index contributed by atoms with van der Waals surface area (Å²) in [5.41, 5.74) is 0.802. The number of anilines is 2. The molecule has 37 heavy (non-hydrogen) atoms. The highest BCUT2D eigenvalue weighted by Crippen LogP contribution is 2.47. The second-order valence-corrected chi connectivity index (χ2v) is 11.7. The van der Waals surface area contributed by atoms with Gasteiger partial charge >= 0.3 is 12.1 Å². The number of thiophene rings is 2. The molecule has 3 aromatic heterocycles. The molecule has 1 aliphatic carbocycles. The monoisotopic (exact) mass is 572 g/mol. The maximum Gasteiger partial charge on any atom is 0.410 e. The summed E-state index contributed by atoms with van der Waals surface area (Å²) in [7, 11) is 0. The van der Waals surface area contributed by atoms with Crippen molar-refractivity contribution in [2.45, 2.75) is 57.8 Å². The number of carbonyl (C=O) groups is 2. The van der Waals surface area contributed by atoms with Crippen LogP contribution in [0.1, 0.15) is 74.9 Å². The number of carbonyl (C=O) groups excluding carboxylic acids is 2. The first kappa shape index (κ1) is 26.1. The normalized spacial score (nSPS) is 21.1. The van der Waals surface area contributed by atoms with Crippen LogP contribution in [0.3, 0.4) is 0 Å². The summed E-state index contributed by atoms with van der Waals surface area (Å²) in [6.07, 6.45) is -2.55. The standard InChI is InChI=1S/C24H24ClF3N4O3S2/c1-3-35-23(34)17-12-7-6-11(2)9-15(12)37-22(17)30-21(33)19-18(25)20-29-13(14-5-4-8-36-14)10-16(24(26,27)28)32(20)31-19/h4-5,8,11,13,16,29H,3,6-7,9-10H2,1-2H3,(H,30,33)/t11-,13-,16+/m1/s1. The number of hydrogen-bond donors (Lipinski definition) is 2. The van der Waals surface area contributed by atoms with Crippen LogP contribution >= 0.6 is 34.3 Å². The van der Waals surface area contributed by atoms with E-state index in [-0.39, 0.29) is 29.6 Å². The molecule has 0 unspecified atom stereocenters. The Hall–Kier alpha value is -2.57. The van der Waals surface area contributed by atoms with E-state index >= 15 is 0 Å². The van der Waals surface area contributed by atoms with Gasteiger partial charge in [0.25, 0.3) is 5.91 Å². The van der Waals surface area contributed by atoms with Crippen molar-refractivity contribution in [2.75, 3.05) is 17.2 Å². The van der Waals surface area contributed by atoms with Crippen LogP contribution in [0, 0.1) is 5.92 Å². The van der Waals surface area contributed by atoms with E-state index in [1.807, 2.05) is 0 Å². The van der Waals surface area contributed by atoms with Gasteiger partial charge in [-0.05, 0) is 49.1 Å². The second kappa shape index (κ2) is 9.95. The first-order valence-corrected chi connectivity index (χ1v) is 13.9. The van der Waals surface area contributed by atoms with Crippen molar-refractivity contribution < 1.29 is 27.5 Å². The number of hydrogen-bond acceptors (Lipinski definition) is 7. The highest BCUT2D eigenvalue weighted by atomic mass is 35.5. The Labute approximate surface area is 224 Å². The van der Waals surface area contributed by atoms with Gasteiger partial charge in [-0.25, -0.2) is 9.48 Å². The smallest absolute Gasteiger partial charge is 0.410 e. The Morgan fingerprint density at radius 3 is 2.84 bits per heavy atom. The molecule has 0 bridgehead atoms. The zero-order valence-electron chi connectivity index (χ0n) is 19.9. The van der Waals surface area contributed by atoms with E-state index in [9.17, 15) is 22.8 Å². The number of rotatable bonds is 5. The van der Waals surface area contributed by atoms with E-state index in [2.05, 4.69) is 22.7 Å². The molecule has 1 aliphatic heterocycles. The van der Waals surface area contributed by atoms with Crippen LogP contribution in [0.2, 0.25) is 5.02 Å². The summed E-state index contributed by atoms with van der Waals surface area (Å²) < 4.78 is 48.0. The molecule has 1 amide bonds. The van der Waals surface area contributed by atoms with Crippen LogP contribution < -0.4 is 10.6 Å². The largest absolute Gasteiger partial charge is 0.462 e. The Bertz CT molecular complexity index is 1340. The third-order valence-electron chi connectivity index (χ3n) is 6.62. The van der Waals surface area contributed by atoms with Gasteiger partial charge in [0.1, 0.15) is 15.8 Å². The van der Waals surface area contributed by atoms with Gasteiger partial charge in [-0.1, -0.05) is 24.6 Å².